The fourth-order valence-electron chi connectivity index (χ4n) is 1.88. The van der Waals surface area contributed by atoms with Crippen LogP contribution in [0.2, 0.25) is 5.02 Å². The van der Waals surface area contributed by atoms with Crippen LogP contribution in [0.15, 0.2) is 58.5 Å². The molecular weight excluding hydrogens is 331 g/mol. The van der Waals surface area contributed by atoms with E-state index >= 15 is 0 Å². The molecule has 0 saturated heterocycles. The zero-order valence-electron chi connectivity index (χ0n) is 11.7. The fourth-order valence-corrected chi connectivity index (χ4v) is 2.07. The van der Waals surface area contributed by atoms with E-state index in [1.807, 2.05) is 12.1 Å². The Kier molecular flexibility index (Phi) is 5.85. The Labute approximate surface area is 172 Å². The van der Waals surface area contributed by atoms with Gasteiger partial charge in [0.25, 0.3) is 5.56 Å². The van der Waals surface area contributed by atoms with Crippen molar-refractivity contribution >= 4 is 63.0 Å². The number of nitrogens with one attached hydrogen (secondary N) is 1. The first-order valence-corrected chi connectivity index (χ1v) is 6.41. The second kappa shape index (κ2) is 7.45. The van der Waals surface area contributed by atoms with Crippen molar-refractivity contribution < 1.29 is 0 Å². The quantitative estimate of drug-likeness (QED) is 0.713. The maximum absolute atomic E-state index is 11.8. The standard InChI is InChI=1S/C14H9ClN4O2.K/c15-10-3-1-2-9(6-10)11-7-12(17-8-16-11)19-5-4-13(20)18-14(19)21;/h1-8H,(H,18,20,21);. The van der Waals surface area contributed by atoms with E-state index in [-0.39, 0.29) is 51.4 Å². The van der Waals surface area contributed by atoms with E-state index in [0.717, 1.165) is 5.56 Å². The summed E-state index contributed by atoms with van der Waals surface area (Å²) in [6.45, 7) is 0. The van der Waals surface area contributed by atoms with E-state index in [4.69, 9.17) is 11.6 Å². The van der Waals surface area contributed by atoms with Crippen molar-refractivity contribution in [2.45, 2.75) is 0 Å². The summed E-state index contributed by atoms with van der Waals surface area (Å²) in [5, 5.41) is 0.592. The molecule has 8 heteroatoms. The van der Waals surface area contributed by atoms with Gasteiger partial charge in [-0.15, -0.1) is 0 Å². The molecule has 22 heavy (non-hydrogen) atoms. The molecule has 3 aromatic rings. The van der Waals surface area contributed by atoms with E-state index in [1.54, 1.807) is 18.2 Å². The van der Waals surface area contributed by atoms with Crippen LogP contribution in [0.3, 0.4) is 0 Å². The van der Waals surface area contributed by atoms with Gasteiger partial charge < -0.3 is 0 Å². The molecule has 0 atom stereocenters. The molecule has 1 aromatic carbocycles. The van der Waals surface area contributed by atoms with Gasteiger partial charge in [0, 0.05) is 80.3 Å². The molecule has 3 rings (SSSR count). The van der Waals surface area contributed by atoms with Crippen LogP contribution in [0, 0.1) is 0 Å². The Balaban J connectivity index is 0.00000176. The van der Waals surface area contributed by atoms with E-state index in [1.165, 1.54) is 23.2 Å². The van der Waals surface area contributed by atoms with E-state index in [0.29, 0.717) is 16.5 Å². The molecule has 2 heterocycles. The summed E-state index contributed by atoms with van der Waals surface area (Å²) < 4.78 is 1.23. The molecule has 0 aliphatic heterocycles. The van der Waals surface area contributed by atoms with E-state index in [9.17, 15) is 9.59 Å². The minimum absolute atomic E-state index is 0. The summed E-state index contributed by atoms with van der Waals surface area (Å²) in [7, 11) is 0. The topological polar surface area (TPSA) is 80.6 Å². The summed E-state index contributed by atoms with van der Waals surface area (Å²) in [5.41, 5.74) is 0.419. The second-order valence-electron chi connectivity index (χ2n) is 4.25. The molecule has 1 radical (unpaired) electrons. The Morgan fingerprint density at radius 2 is 1.91 bits per heavy atom. The Morgan fingerprint density at radius 3 is 2.64 bits per heavy atom. The number of aromatic nitrogens is 4. The van der Waals surface area contributed by atoms with Crippen molar-refractivity contribution in [2.24, 2.45) is 0 Å². The number of halogens is 1. The summed E-state index contributed by atoms with van der Waals surface area (Å²) in [6.07, 6.45) is 2.72. The number of hydrogen-bond donors (Lipinski definition) is 1. The zero-order chi connectivity index (χ0) is 14.8. The Bertz CT molecular complexity index is 923. The molecule has 6 nitrogen and oxygen atoms in total. The molecule has 0 unspecified atom stereocenters. The van der Waals surface area contributed by atoms with Gasteiger partial charge in [-0.3, -0.25) is 14.3 Å². The van der Waals surface area contributed by atoms with Gasteiger partial charge in [0.2, 0.25) is 0 Å². The van der Waals surface area contributed by atoms with Crippen molar-refractivity contribution in [1.29, 1.82) is 0 Å². The first-order valence-electron chi connectivity index (χ1n) is 6.04. The summed E-state index contributed by atoms with van der Waals surface area (Å²) in [4.78, 5) is 33.2. The summed E-state index contributed by atoms with van der Waals surface area (Å²) >= 11 is 5.96. The molecule has 1 N–H and O–H groups in total. The molecule has 0 spiro atoms. The molecule has 0 saturated carbocycles. The minimum atomic E-state index is -0.557. The van der Waals surface area contributed by atoms with Gasteiger partial charge in [-0.1, -0.05) is 23.7 Å². The molecule has 0 bridgehead atoms. The van der Waals surface area contributed by atoms with Gasteiger partial charge in [0.05, 0.1) is 5.69 Å². The fraction of sp³-hybridized carbons (Fsp3) is 0. The summed E-state index contributed by atoms with van der Waals surface area (Å²) in [5.74, 6) is 0.362. The van der Waals surface area contributed by atoms with Gasteiger partial charge in [0.1, 0.15) is 12.1 Å². The molecule has 0 aliphatic rings. The van der Waals surface area contributed by atoms with Gasteiger partial charge in [-0.2, -0.15) is 0 Å². The normalized spacial score (nSPS) is 10.0. The SMILES string of the molecule is O=c1ccn(-c2cc(-c3cccc(Cl)c3)ncn2)c(=O)[nH]1.[K]. The maximum atomic E-state index is 11.8. The van der Waals surface area contributed by atoms with Crippen LogP contribution >= 0.6 is 11.6 Å². The van der Waals surface area contributed by atoms with Crippen molar-refractivity contribution in [3.8, 4) is 17.1 Å². The maximum Gasteiger partial charge on any atom is 0.334 e. The van der Waals surface area contributed by atoms with Gasteiger partial charge in [-0.25, -0.2) is 14.8 Å². The predicted octanol–water partition coefficient (Wildman–Crippen LogP) is 1.26. The van der Waals surface area contributed by atoms with Crippen molar-refractivity contribution in [3.05, 3.63) is 74.8 Å². The van der Waals surface area contributed by atoms with Crippen molar-refractivity contribution in [3.63, 3.8) is 0 Å². The van der Waals surface area contributed by atoms with Crippen LogP contribution in [0.25, 0.3) is 17.1 Å². The first-order chi connectivity index (χ1) is 10.1. The third-order valence-electron chi connectivity index (χ3n) is 2.84. The molecule has 105 valence electrons. The minimum Gasteiger partial charge on any atom is -0.274 e. The number of H-pyrrole nitrogens is 1. The van der Waals surface area contributed by atoms with Crippen LogP contribution in [0.1, 0.15) is 0 Å². The third-order valence-corrected chi connectivity index (χ3v) is 3.08. The molecular formula is C14H9ClKN4O2. The number of benzene rings is 1. The largest absolute Gasteiger partial charge is 0.334 e. The summed E-state index contributed by atoms with van der Waals surface area (Å²) in [6, 6.07) is 10.1. The number of hydrogen-bond acceptors (Lipinski definition) is 4. The van der Waals surface area contributed by atoms with Gasteiger partial charge >= 0.3 is 5.69 Å². The van der Waals surface area contributed by atoms with Gasteiger partial charge in [0.15, 0.2) is 0 Å². The van der Waals surface area contributed by atoms with Crippen molar-refractivity contribution in [1.82, 2.24) is 19.5 Å². The second-order valence-corrected chi connectivity index (χ2v) is 4.69. The van der Waals surface area contributed by atoms with E-state index < -0.39 is 11.2 Å². The average molecular weight is 340 g/mol. The molecule has 2 aromatic heterocycles. The molecule has 0 amide bonds. The van der Waals surface area contributed by atoms with Crippen LogP contribution in [-0.4, -0.2) is 70.9 Å². The predicted molar refractivity (Wildman–Crippen MR) is 84.4 cm³/mol. The average Bonchev–Trinajstić information content (AvgIpc) is 2.47. The third kappa shape index (κ3) is 3.81. The van der Waals surface area contributed by atoms with Gasteiger partial charge in [-0.05, 0) is 12.1 Å². The first kappa shape index (κ1) is 17.3. The van der Waals surface area contributed by atoms with Crippen LogP contribution in [0.5, 0.6) is 0 Å². The van der Waals surface area contributed by atoms with Crippen LogP contribution in [-0.2, 0) is 0 Å². The van der Waals surface area contributed by atoms with Crippen molar-refractivity contribution in [2.75, 3.05) is 0 Å². The Hall–Kier alpha value is -1.09. The number of nitrogens with zero attached hydrogens (tertiary/aromatic N) is 3. The Morgan fingerprint density at radius 1 is 1.09 bits per heavy atom. The molecule has 0 aliphatic carbocycles. The number of aromatic amines is 1. The number of rotatable bonds is 2. The van der Waals surface area contributed by atoms with Crippen LogP contribution in [0.4, 0.5) is 0 Å². The monoisotopic (exact) mass is 339 g/mol. The molecule has 0 fully saturated rings. The van der Waals surface area contributed by atoms with E-state index in [2.05, 4.69) is 15.0 Å². The zero-order valence-corrected chi connectivity index (χ0v) is 15.5. The van der Waals surface area contributed by atoms with Crippen LogP contribution < -0.4 is 11.2 Å². The smallest absolute Gasteiger partial charge is 0.274 e.